The van der Waals surface area contributed by atoms with Gasteiger partial charge in [0.25, 0.3) is 0 Å². The number of benzene rings is 1. The SMILES string of the molecule is CN1CCNc2nc(CCOc3ccc(C4C(CC(=O)O)C4(C)C)cc3)ccc21. The topological polar surface area (TPSA) is 74.7 Å². The molecule has 2 heterocycles. The Morgan fingerprint density at radius 3 is 2.76 bits per heavy atom. The van der Waals surface area contributed by atoms with E-state index in [1.54, 1.807) is 0 Å². The molecule has 2 atom stereocenters. The monoisotopic (exact) mass is 395 g/mol. The number of likely N-dealkylation sites (N-methyl/N-ethyl adjacent to an activating group) is 1. The Hall–Kier alpha value is -2.76. The number of carboxylic acid groups (broad SMARTS) is 1. The summed E-state index contributed by atoms with van der Waals surface area (Å²) in [6.45, 7) is 6.76. The number of aliphatic carboxylic acids is 1. The van der Waals surface area contributed by atoms with Crippen LogP contribution in [-0.4, -0.2) is 42.8 Å². The Morgan fingerprint density at radius 2 is 2.03 bits per heavy atom. The smallest absolute Gasteiger partial charge is 0.303 e. The van der Waals surface area contributed by atoms with Gasteiger partial charge in [0.1, 0.15) is 11.6 Å². The van der Waals surface area contributed by atoms with E-state index in [9.17, 15) is 4.79 Å². The molecule has 0 saturated heterocycles. The van der Waals surface area contributed by atoms with Crippen molar-refractivity contribution in [3.8, 4) is 5.75 Å². The second-order valence-electron chi connectivity index (χ2n) is 8.69. The normalized spacial score (nSPS) is 21.8. The third-order valence-electron chi connectivity index (χ3n) is 6.39. The highest BCUT2D eigenvalue weighted by Gasteiger charge is 2.58. The zero-order chi connectivity index (χ0) is 20.6. The fraction of sp³-hybridized carbons (Fsp3) is 0.478. The lowest BCUT2D eigenvalue weighted by Crippen LogP contribution is -2.31. The van der Waals surface area contributed by atoms with Gasteiger partial charge >= 0.3 is 5.97 Å². The second kappa shape index (κ2) is 7.58. The minimum atomic E-state index is -0.719. The molecule has 1 aliphatic carbocycles. The van der Waals surface area contributed by atoms with Crippen LogP contribution < -0.4 is 15.0 Å². The third-order valence-corrected chi connectivity index (χ3v) is 6.39. The van der Waals surface area contributed by atoms with Crippen LogP contribution >= 0.6 is 0 Å². The third kappa shape index (κ3) is 4.02. The average Bonchev–Trinajstić information content (AvgIpc) is 3.21. The van der Waals surface area contributed by atoms with Gasteiger partial charge in [0.15, 0.2) is 0 Å². The summed E-state index contributed by atoms with van der Waals surface area (Å²) in [7, 11) is 2.08. The van der Waals surface area contributed by atoms with E-state index in [1.165, 1.54) is 5.56 Å². The predicted octanol–water partition coefficient (Wildman–Crippen LogP) is 3.78. The number of anilines is 2. The summed E-state index contributed by atoms with van der Waals surface area (Å²) in [6, 6.07) is 12.3. The van der Waals surface area contributed by atoms with Crippen molar-refractivity contribution >= 4 is 17.5 Å². The molecule has 4 rings (SSSR count). The molecule has 1 saturated carbocycles. The first-order valence-corrected chi connectivity index (χ1v) is 10.3. The van der Waals surface area contributed by atoms with Crippen LogP contribution in [0.15, 0.2) is 36.4 Å². The summed E-state index contributed by atoms with van der Waals surface area (Å²) in [5.74, 6) is 1.57. The highest BCUT2D eigenvalue weighted by atomic mass is 16.5. The molecule has 1 fully saturated rings. The average molecular weight is 396 g/mol. The van der Waals surface area contributed by atoms with Crippen molar-refractivity contribution in [2.75, 3.05) is 37.0 Å². The van der Waals surface area contributed by atoms with E-state index in [0.717, 1.165) is 42.5 Å². The van der Waals surface area contributed by atoms with Crippen LogP contribution in [0.25, 0.3) is 0 Å². The fourth-order valence-electron chi connectivity index (χ4n) is 4.55. The van der Waals surface area contributed by atoms with Crippen LogP contribution in [-0.2, 0) is 11.2 Å². The number of aromatic nitrogens is 1. The van der Waals surface area contributed by atoms with E-state index < -0.39 is 5.97 Å². The zero-order valence-electron chi connectivity index (χ0n) is 17.3. The van der Waals surface area contributed by atoms with Gasteiger partial charge in [-0.15, -0.1) is 0 Å². The molecule has 29 heavy (non-hydrogen) atoms. The fourth-order valence-corrected chi connectivity index (χ4v) is 4.55. The summed E-state index contributed by atoms with van der Waals surface area (Å²) in [4.78, 5) is 18.0. The van der Waals surface area contributed by atoms with Gasteiger partial charge in [-0.3, -0.25) is 4.79 Å². The minimum Gasteiger partial charge on any atom is -0.493 e. The lowest BCUT2D eigenvalue weighted by Gasteiger charge is -2.27. The van der Waals surface area contributed by atoms with Gasteiger partial charge in [-0.25, -0.2) is 4.98 Å². The number of rotatable bonds is 7. The maximum atomic E-state index is 11.1. The van der Waals surface area contributed by atoms with E-state index in [0.29, 0.717) is 12.5 Å². The Bertz CT molecular complexity index is 895. The van der Waals surface area contributed by atoms with Crippen molar-refractivity contribution in [2.45, 2.75) is 32.6 Å². The standard InChI is InChI=1S/C23H29N3O3/c1-23(2)18(14-20(27)28)21(23)15-4-7-17(8-5-15)29-13-10-16-6-9-19-22(25-16)24-11-12-26(19)3/h4-9,18,21H,10-14H2,1-3H3,(H,24,25)(H,27,28). The molecular formula is C23H29N3O3. The Kier molecular flexibility index (Phi) is 5.11. The molecular weight excluding hydrogens is 366 g/mol. The van der Waals surface area contributed by atoms with E-state index in [-0.39, 0.29) is 17.8 Å². The summed E-state index contributed by atoms with van der Waals surface area (Å²) in [5.41, 5.74) is 3.39. The maximum Gasteiger partial charge on any atom is 0.303 e. The highest BCUT2D eigenvalue weighted by molar-refractivity contribution is 5.68. The van der Waals surface area contributed by atoms with Gasteiger partial charge in [-0.05, 0) is 47.1 Å². The molecule has 0 spiro atoms. The first-order chi connectivity index (χ1) is 13.9. The van der Waals surface area contributed by atoms with Crippen molar-refractivity contribution < 1.29 is 14.6 Å². The van der Waals surface area contributed by atoms with Crippen LogP contribution in [0.2, 0.25) is 0 Å². The lowest BCUT2D eigenvalue weighted by molar-refractivity contribution is -0.137. The number of carboxylic acids is 1. The molecule has 2 aromatic rings. The Labute approximate surface area is 171 Å². The molecule has 6 nitrogen and oxygen atoms in total. The summed E-state index contributed by atoms with van der Waals surface area (Å²) >= 11 is 0. The summed E-state index contributed by atoms with van der Waals surface area (Å²) in [6.07, 6.45) is 0.977. The van der Waals surface area contributed by atoms with Crippen molar-refractivity contribution in [3.05, 3.63) is 47.7 Å². The molecule has 2 N–H and O–H groups in total. The van der Waals surface area contributed by atoms with Gasteiger partial charge in [-0.1, -0.05) is 26.0 Å². The van der Waals surface area contributed by atoms with Crippen LogP contribution in [0.4, 0.5) is 11.5 Å². The van der Waals surface area contributed by atoms with Gasteiger partial charge in [0.05, 0.1) is 12.3 Å². The first-order valence-electron chi connectivity index (χ1n) is 10.3. The van der Waals surface area contributed by atoms with Crippen molar-refractivity contribution in [2.24, 2.45) is 11.3 Å². The van der Waals surface area contributed by atoms with Gasteiger partial charge in [0, 0.05) is 38.7 Å². The van der Waals surface area contributed by atoms with Crippen molar-refractivity contribution in [1.82, 2.24) is 4.98 Å². The molecule has 1 aliphatic heterocycles. The molecule has 0 amide bonds. The van der Waals surface area contributed by atoms with Crippen LogP contribution in [0.5, 0.6) is 5.75 Å². The Balaban J connectivity index is 1.32. The van der Waals surface area contributed by atoms with E-state index in [1.807, 2.05) is 12.1 Å². The van der Waals surface area contributed by atoms with Crippen LogP contribution in [0.3, 0.4) is 0 Å². The number of hydrogen-bond acceptors (Lipinski definition) is 5. The van der Waals surface area contributed by atoms with Crippen molar-refractivity contribution in [3.63, 3.8) is 0 Å². The molecule has 6 heteroatoms. The predicted molar refractivity (Wildman–Crippen MR) is 114 cm³/mol. The number of pyridine rings is 1. The molecule has 1 aromatic heterocycles. The number of carbonyl (C=O) groups is 1. The van der Waals surface area contributed by atoms with Crippen LogP contribution in [0.1, 0.15) is 37.4 Å². The van der Waals surface area contributed by atoms with Gasteiger partial charge in [0.2, 0.25) is 0 Å². The summed E-state index contributed by atoms with van der Waals surface area (Å²) in [5, 5.41) is 12.5. The number of nitrogens with zero attached hydrogens (tertiary/aromatic N) is 2. The summed E-state index contributed by atoms with van der Waals surface area (Å²) < 4.78 is 5.91. The molecule has 2 unspecified atom stereocenters. The van der Waals surface area contributed by atoms with E-state index in [4.69, 9.17) is 14.8 Å². The zero-order valence-corrected chi connectivity index (χ0v) is 17.3. The number of hydrogen-bond donors (Lipinski definition) is 2. The molecule has 154 valence electrons. The molecule has 0 radical (unpaired) electrons. The maximum absolute atomic E-state index is 11.1. The highest BCUT2D eigenvalue weighted by Crippen LogP contribution is 2.65. The van der Waals surface area contributed by atoms with Gasteiger partial charge < -0.3 is 20.1 Å². The van der Waals surface area contributed by atoms with Crippen LogP contribution in [0, 0.1) is 11.3 Å². The van der Waals surface area contributed by atoms with Gasteiger partial charge in [-0.2, -0.15) is 0 Å². The lowest BCUT2D eigenvalue weighted by atomic mass is 10.0. The number of fused-ring (bicyclic) bond motifs is 1. The first kappa shape index (κ1) is 19.6. The molecule has 2 aliphatic rings. The quantitative estimate of drug-likeness (QED) is 0.743. The number of nitrogens with one attached hydrogen (secondary N) is 1. The molecule has 1 aromatic carbocycles. The van der Waals surface area contributed by atoms with Crippen molar-refractivity contribution in [1.29, 1.82) is 0 Å². The number of ether oxygens (including phenoxy) is 1. The van der Waals surface area contributed by atoms with E-state index in [2.05, 4.69) is 55.4 Å². The molecule has 0 bridgehead atoms. The largest absolute Gasteiger partial charge is 0.493 e. The second-order valence-corrected chi connectivity index (χ2v) is 8.69. The van der Waals surface area contributed by atoms with E-state index >= 15 is 0 Å². The minimum absolute atomic E-state index is 0.0426. The Morgan fingerprint density at radius 1 is 1.28 bits per heavy atom.